The summed E-state index contributed by atoms with van der Waals surface area (Å²) in [5.41, 5.74) is 1.47. The summed E-state index contributed by atoms with van der Waals surface area (Å²) in [4.78, 5) is 30.2. The van der Waals surface area contributed by atoms with Gasteiger partial charge in [0.2, 0.25) is 0 Å². The van der Waals surface area contributed by atoms with Gasteiger partial charge in [-0.3, -0.25) is 0 Å². The van der Waals surface area contributed by atoms with Crippen LogP contribution in [-0.2, 0) is 25.0 Å². The smallest absolute Gasteiger partial charge is 0.407 e. The number of amides is 1. The van der Waals surface area contributed by atoms with Gasteiger partial charge < -0.3 is 24.3 Å². The van der Waals surface area contributed by atoms with E-state index < -0.39 is 29.8 Å². The Balaban J connectivity index is 2.07. The first-order valence-electron chi connectivity index (χ1n) is 12.3. The molecule has 0 radical (unpaired) electrons. The van der Waals surface area contributed by atoms with E-state index in [4.69, 9.17) is 13.7 Å². The van der Waals surface area contributed by atoms with E-state index in [1.807, 2.05) is 46.1 Å². The summed E-state index contributed by atoms with van der Waals surface area (Å²) < 4.78 is 16.3. The zero-order valence-electron chi connectivity index (χ0n) is 22.6. The summed E-state index contributed by atoms with van der Waals surface area (Å²) in [5, 5.41) is 5.89. The summed E-state index contributed by atoms with van der Waals surface area (Å²) in [7, 11) is 1.36. The molecule has 2 N–H and O–H groups in total. The number of rotatable bonds is 13. The molecule has 1 heterocycles. The van der Waals surface area contributed by atoms with Crippen molar-refractivity contribution >= 4 is 41.6 Å². The SMILES string of the molecule is C=C(NC(C(=O)OC)C(C)OSCC1(CC)CCC1)c1nc(CNC(=O)OC(C)(C)C)ccc1SC. The lowest BCUT2D eigenvalue weighted by molar-refractivity contribution is -0.144. The molecule has 1 saturated carbocycles. The molecule has 36 heavy (non-hydrogen) atoms. The van der Waals surface area contributed by atoms with Gasteiger partial charge >= 0.3 is 12.1 Å². The summed E-state index contributed by atoms with van der Waals surface area (Å²) >= 11 is 2.94. The molecule has 2 unspecified atom stereocenters. The summed E-state index contributed by atoms with van der Waals surface area (Å²) in [5.74, 6) is 0.472. The minimum Gasteiger partial charge on any atom is -0.467 e. The maximum atomic E-state index is 12.6. The molecule has 2 atom stereocenters. The van der Waals surface area contributed by atoms with Gasteiger partial charge in [0, 0.05) is 10.6 Å². The Morgan fingerprint density at radius 1 is 1.28 bits per heavy atom. The molecular weight excluding hydrogens is 498 g/mol. The van der Waals surface area contributed by atoms with Crippen LogP contribution in [0.5, 0.6) is 0 Å². The second-order valence-corrected chi connectivity index (χ2v) is 11.7. The topological polar surface area (TPSA) is 98.8 Å². The van der Waals surface area contributed by atoms with Crippen LogP contribution in [0.2, 0.25) is 0 Å². The normalized spacial score (nSPS) is 16.3. The van der Waals surface area contributed by atoms with Crippen LogP contribution in [0.1, 0.15) is 71.7 Å². The number of carbonyl (C=O) groups is 2. The molecule has 10 heteroatoms. The molecule has 0 aromatic carbocycles. The van der Waals surface area contributed by atoms with Gasteiger partial charge in [0.15, 0.2) is 6.04 Å². The van der Waals surface area contributed by atoms with Crippen molar-refractivity contribution in [1.82, 2.24) is 15.6 Å². The molecule has 8 nitrogen and oxygen atoms in total. The Labute approximate surface area is 224 Å². The fraction of sp³-hybridized carbons (Fsp3) is 0.654. The van der Waals surface area contributed by atoms with Crippen molar-refractivity contribution < 1.29 is 23.2 Å². The third-order valence-electron chi connectivity index (χ3n) is 6.24. The second kappa shape index (κ2) is 13.6. The van der Waals surface area contributed by atoms with E-state index in [0.717, 1.165) is 17.1 Å². The highest BCUT2D eigenvalue weighted by Crippen LogP contribution is 2.46. The van der Waals surface area contributed by atoms with Gasteiger partial charge in [-0.25, -0.2) is 14.6 Å². The number of hydrogen-bond donors (Lipinski definition) is 2. The minimum atomic E-state index is -0.756. The summed E-state index contributed by atoms with van der Waals surface area (Å²) in [6.45, 7) is 13.8. The van der Waals surface area contributed by atoms with E-state index in [0.29, 0.717) is 22.5 Å². The van der Waals surface area contributed by atoms with E-state index in [-0.39, 0.29) is 6.54 Å². The van der Waals surface area contributed by atoms with E-state index in [2.05, 4.69) is 29.1 Å². The van der Waals surface area contributed by atoms with Crippen LogP contribution in [0.4, 0.5) is 4.79 Å². The highest BCUT2D eigenvalue weighted by molar-refractivity contribution is 7.98. The number of thioether (sulfide) groups is 1. The highest BCUT2D eigenvalue weighted by Gasteiger charge is 2.36. The number of nitrogens with zero attached hydrogens (tertiary/aromatic N) is 1. The zero-order valence-corrected chi connectivity index (χ0v) is 24.2. The number of esters is 1. The van der Waals surface area contributed by atoms with Crippen molar-refractivity contribution in [2.75, 3.05) is 19.1 Å². The number of ether oxygens (including phenoxy) is 2. The highest BCUT2D eigenvalue weighted by atomic mass is 32.2. The lowest BCUT2D eigenvalue weighted by Crippen LogP contribution is -2.45. The maximum absolute atomic E-state index is 12.6. The number of carbonyl (C=O) groups excluding carboxylic acids is 2. The maximum Gasteiger partial charge on any atom is 0.407 e. The van der Waals surface area contributed by atoms with Crippen LogP contribution >= 0.6 is 23.8 Å². The van der Waals surface area contributed by atoms with Crippen LogP contribution < -0.4 is 10.6 Å². The molecule has 1 amide bonds. The van der Waals surface area contributed by atoms with Crippen molar-refractivity contribution in [3.63, 3.8) is 0 Å². The first-order chi connectivity index (χ1) is 16.9. The number of hydrogen-bond acceptors (Lipinski definition) is 9. The van der Waals surface area contributed by atoms with Gasteiger partial charge in [0.25, 0.3) is 0 Å². The molecule has 1 fully saturated rings. The van der Waals surface area contributed by atoms with E-state index in [1.54, 1.807) is 0 Å². The third kappa shape index (κ3) is 8.88. The lowest BCUT2D eigenvalue weighted by Gasteiger charge is -2.41. The van der Waals surface area contributed by atoms with Gasteiger partial charge in [-0.05, 0) is 82.8 Å². The summed E-state index contributed by atoms with van der Waals surface area (Å²) in [6.07, 6.45) is 5.83. The Morgan fingerprint density at radius 3 is 2.50 bits per heavy atom. The number of aromatic nitrogens is 1. The molecule has 1 aromatic rings. The molecule has 1 aliphatic rings. The average molecular weight is 540 g/mol. The standard InChI is InChI=1S/C26H41N3O5S2/c1-9-26(13-10-14-26)16-36-34-18(3)22(23(30)32-7)28-17(2)21-20(35-8)12-11-19(29-21)15-27-24(31)33-25(4,5)6/h11-12,18,22,28H,2,9-10,13-16H2,1,3-8H3,(H,27,31). The Hall–Kier alpha value is -1.91. The van der Waals surface area contributed by atoms with Gasteiger partial charge in [0.05, 0.1) is 30.7 Å². The molecule has 1 aliphatic carbocycles. The van der Waals surface area contributed by atoms with Crippen LogP contribution in [0.25, 0.3) is 5.70 Å². The first kappa shape index (κ1) is 30.3. The Bertz CT molecular complexity index is 910. The number of alkyl carbamates (subject to hydrolysis) is 1. The second-order valence-electron chi connectivity index (χ2n) is 10.1. The largest absolute Gasteiger partial charge is 0.467 e. The lowest BCUT2D eigenvalue weighted by atomic mass is 9.69. The zero-order chi connectivity index (χ0) is 26.9. The molecule has 0 aliphatic heterocycles. The third-order valence-corrected chi connectivity index (χ3v) is 8.18. The van der Waals surface area contributed by atoms with Crippen molar-refractivity contribution in [2.24, 2.45) is 5.41 Å². The van der Waals surface area contributed by atoms with E-state index in [9.17, 15) is 9.59 Å². The van der Waals surface area contributed by atoms with Crippen LogP contribution in [0.3, 0.4) is 0 Å². The van der Waals surface area contributed by atoms with Crippen LogP contribution in [-0.4, -0.2) is 53.9 Å². The predicted molar refractivity (Wildman–Crippen MR) is 147 cm³/mol. The van der Waals surface area contributed by atoms with Crippen molar-refractivity contribution in [3.05, 3.63) is 30.1 Å². The predicted octanol–water partition coefficient (Wildman–Crippen LogP) is 5.56. The van der Waals surface area contributed by atoms with Crippen molar-refractivity contribution in [1.29, 1.82) is 0 Å². The van der Waals surface area contributed by atoms with Crippen LogP contribution in [0, 0.1) is 5.41 Å². The number of nitrogens with one attached hydrogen (secondary N) is 2. The molecule has 0 spiro atoms. The molecule has 0 saturated heterocycles. The molecule has 1 aromatic heterocycles. The molecular formula is C26H41N3O5S2. The monoisotopic (exact) mass is 539 g/mol. The molecule has 0 bridgehead atoms. The van der Waals surface area contributed by atoms with E-state index in [1.165, 1.54) is 50.2 Å². The Morgan fingerprint density at radius 2 is 1.97 bits per heavy atom. The Kier molecular flexibility index (Phi) is 11.4. The number of pyridine rings is 1. The van der Waals surface area contributed by atoms with Gasteiger partial charge in [0.1, 0.15) is 11.7 Å². The minimum absolute atomic E-state index is 0.194. The molecule has 2 rings (SSSR count). The van der Waals surface area contributed by atoms with Gasteiger partial charge in [-0.1, -0.05) is 19.9 Å². The van der Waals surface area contributed by atoms with Crippen LogP contribution in [0.15, 0.2) is 23.6 Å². The van der Waals surface area contributed by atoms with Crippen molar-refractivity contribution in [2.45, 2.75) is 89.5 Å². The first-order valence-corrected chi connectivity index (χ1v) is 14.4. The van der Waals surface area contributed by atoms with Gasteiger partial charge in [-0.2, -0.15) is 0 Å². The van der Waals surface area contributed by atoms with Gasteiger partial charge in [-0.15, -0.1) is 11.8 Å². The molecule has 202 valence electrons. The van der Waals surface area contributed by atoms with E-state index >= 15 is 0 Å². The fourth-order valence-electron chi connectivity index (χ4n) is 3.79. The van der Waals surface area contributed by atoms with Crippen molar-refractivity contribution in [3.8, 4) is 0 Å². The fourth-order valence-corrected chi connectivity index (χ4v) is 5.50. The average Bonchev–Trinajstić information content (AvgIpc) is 2.80. The quantitative estimate of drug-likeness (QED) is 0.189. The number of methoxy groups -OCH3 is 1. The summed E-state index contributed by atoms with van der Waals surface area (Å²) in [6, 6.07) is 3.00.